The molecule has 31 heavy (non-hydrogen) atoms. The van der Waals surface area contributed by atoms with E-state index in [2.05, 4.69) is 15.8 Å². The Morgan fingerprint density at radius 1 is 1.16 bits per heavy atom. The van der Waals surface area contributed by atoms with Crippen LogP contribution in [-0.4, -0.2) is 59.7 Å². The van der Waals surface area contributed by atoms with Crippen LogP contribution >= 0.6 is 0 Å². The maximum Gasteiger partial charge on any atom is 0.425 e. The molecular weight excluding hydrogens is 415 g/mol. The maximum atomic E-state index is 12.5. The summed E-state index contributed by atoms with van der Waals surface area (Å²) in [4.78, 5) is 17.1. The highest BCUT2D eigenvalue weighted by atomic mass is 19.4. The second-order valence-electron chi connectivity index (χ2n) is 7.89. The minimum atomic E-state index is -4.56. The van der Waals surface area contributed by atoms with E-state index in [0.29, 0.717) is 37.2 Å². The van der Waals surface area contributed by atoms with Crippen LogP contribution in [0.4, 0.5) is 18.0 Å². The number of aromatic nitrogens is 1. The molecule has 7 nitrogen and oxygen atoms in total. The van der Waals surface area contributed by atoms with Gasteiger partial charge in [0.1, 0.15) is 17.4 Å². The molecule has 1 aromatic heterocycles. The number of alkyl halides is 3. The molecule has 0 N–H and O–H groups in total. The van der Waals surface area contributed by atoms with E-state index in [1.54, 1.807) is 12.3 Å². The van der Waals surface area contributed by atoms with Crippen molar-refractivity contribution in [1.29, 1.82) is 5.26 Å². The van der Waals surface area contributed by atoms with Crippen molar-refractivity contribution < 1.29 is 32.2 Å². The van der Waals surface area contributed by atoms with Gasteiger partial charge in [-0.15, -0.1) is 0 Å². The molecule has 1 saturated heterocycles. The summed E-state index contributed by atoms with van der Waals surface area (Å²) in [5, 5.41) is 9.13. The van der Waals surface area contributed by atoms with Crippen molar-refractivity contribution >= 4 is 6.09 Å². The van der Waals surface area contributed by atoms with Gasteiger partial charge in [-0.1, -0.05) is 0 Å². The molecule has 2 fully saturated rings. The van der Waals surface area contributed by atoms with Crippen LogP contribution in [0.1, 0.15) is 51.0 Å². The summed E-state index contributed by atoms with van der Waals surface area (Å²) in [6.45, 7) is 1.45. The van der Waals surface area contributed by atoms with Gasteiger partial charge in [-0.2, -0.15) is 18.4 Å². The molecule has 1 aromatic rings. The molecule has 0 aromatic carbocycles. The zero-order valence-electron chi connectivity index (χ0n) is 17.3. The number of carbonyl (C=O) groups is 1. The third kappa shape index (κ3) is 6.47. The zero-order chi connectivity index (χ0) is 22.4. The van der Waals surface area contributed by atoms with E-state index in [1.807, 2.05) is 0 Å². The molecule has 170 valence electrons. The summed E-state index contributed by atoms with van der Waals surface area (Å²) in [7, 11) is 0. The molecule has 2 heterocycles. The van der Waals surface area contributed by atoms with Crippen molar-refractivity contribution in [1.82, 2.24) is 9.88 Å². The quantitative estimate of drug-likeness (QED) is 0.681. The molecule has 2 aliphatic rings. The number of piperidine rings is 1. The highest BCUT2D eigenvalue weighted by Crippen LogP contribution is 2.29. The highest BCUT2D eigenvalue weighted by Gasteiger charge is 2.40. The normalized spacial score (nSPS) is 23.6. The Morgan fingerprint density at radius 2 is 1.77 bits per heavy atom. The Kier molecular flexibility index (Phi) is 7.59. The van der Waals surface area contributed by atoms with Crippen LogP contribution in [0.3, 0.4) is 0 Å². The number of amides is 1. The number of nitrogens with zero attached hydrogens (tertiary/aromatic N) is 3. The summed E-state index contributed by atoms with van der Waals surface area (Å²) in [5.41, 5.74) is 0.413. The Balaban J connectivity index is 1.37. The van der Waals surface area contributed by atoms with Gasteiger partial charge in [0.15, 0.2) is 6.10 Å². The Hall–Kier alpha value is -2.54. The third-order valence-electron chi connectivity index (χ3n) is 5.64. The minimum absolute atomic E-state index is 0.0154. The lowest BCUT2D eigenvalue weighted by molar-refractivity contribution is -0.200. The lowest BCUT2D eigenvalue weighted by atomic mass is 9.94. The zero-order valence-corrected chi connectivity index (χ0v) is 17.3. The number of nitriles is 1. The smallest absolute Gasteiger partial charge is 0.425 e. The number of pyridine rings is 1. The van der Waals surface area contributed by atoms with Crippen molar-refractivity contribution in [3.05, 3.63) is 24.0 Å². The van der Waals surface area contributed by atoms with Crippen molar-refractivity contribution in [2.45, 2.75) is 76.0 Å². The summed E-state index contributed by atoms with van der Waals surface area (Å²) >= 11 is 0. The van der Waals surface area contributed by atoms with Gasteiger partial charge in [-0.05, 0) is 51.5 Å². The largest absolute Gasteiger partial charge is 0.489 e. The molecule has 1 atom stereocenters. The van der Waals surface area contributed by atoms with Crippen LogP contribution in [0, 0.1) is 11.3 Å². The second kappa shape index (κ2) is 10.2. The first-order valence-corrected chi connectivity index (χ1v) is 10.4. The van der Waals surface area contributed by atoms with E-state index < -0.39 is 18.4 Å². The van der Waals surface area contributed by atoms with Gasteiger partial charge in [0.05, 0.1) is 18.3 Å². The Labute approximate surface area is 179 Å². The van der Waals surface area contributed by atoms with Crippen LogP contribution in [0.2, 0.25) is 0 Å². The van der Waals surface area contributed by atoms with Crippen LogP contribution < -0.4 is 4.74 Å². The summed E-state index contributed by atoms with van der Waals surface area (Å²) in [5.74, 6) is 0.543. The fourth-order valence-corrected chi connectivity index (χ4v) is 3.77. The van der Waals surface area contributed by atoms with E-state index >= 15 is 0 Å². The first-order chi connectivity index (χ1) is 14.8. The molecule has 1 aliphatic carbocycles. The number of carbonyl (C=O) groups excluding carboxylic acids is 1. The van der Waals surface area contributed by atoms with Gasteiger partial charge in [0, 0.05) is 25.5 Å². The number of ether oxygens (including phenoxy) is 3. The topological polar surface area (TPSA) is 84.7 Å². The van der Waals surface area contributed by atoms with E-state index in [1.165, 1.54) is 11.1 Å². The molecule has 1 aliphatic heterocycles. The Bertz CT molecular complexity index is 783. The Morgan fingerprint density at radius 3 is 2.39 bits per heavy atom. The highest BCUT2D eigenvalue weighted by molar-refractivity contribution is 5.68. The van der Waals surface area contributed by atoms with Crippen LogP contribution in [0.15, 0.2) is 18.5 Å². The molecule has 1 amide bonds. The van der Waals surface area contributed by atoms with Crippen molar-refractivity contribution in [2.75, 3.05) is 13.1 Å². The molecule has 10 heteroatoms. The van der Waals surface area contributed by atoms with Gasteiger partial charge in [-0.25, -0.2) is 4.79 Å². The molecule has 0 spiro atoms. The van der Waals surface area contributed by atoms with Crippen molar-refractivity contribution in [2.24, 2.45) is 0 Å². The number of likely N-dealkylation sites (tertiary alicyclic amines) is 1. The van der Waals surface area contributed by atoms with Crippen molar-refractivity contribution in [3.8, 4) is 11.8 Å². The van der Waals surface area contributed by atoms with Gasteiger partial charge < -0.3 is 19.1 Å². The standard InChI is InChI=1S/C21H26F3N3O4/c1-14(21(22,23)24)29-20(28)27-10-7-18(8-11-27)30-16-2-4-17(5-3-16)31-19-6-9-26-13-15(19)12-25/h6,9,13-14,16-18H,2-5,7-8,10-11H2,1H3. The van der Waals surface area contributed by atoms with E-state index in [-0.39, 0.29) is 18.3 Å². The summed E-state index contributed by atoms with van der Waals surface area (Å²) in [6, 6.07) is 3.76. The molecular formula is C21H26F3N3O4. The molecule has 1 saturated carbocycles. The van der Waals surface area contributed by atoms with Gasteiger partial charge >= 0.3 is 12.3 Å². The minimum Gasteiger partial charge on any atom is -0.489 e. The predicted octanol–water partition coefficient (Wildman–Crippen LogP) is 4.21. The summed E-state index contributed by atoms with van der Waals surface area (Å²) in [6.07, 6.45) is -0.0947. The average molecular weight is 441 g/mol. The lowest BCUT2D eigenvalue weighted by Gasteiger charge is -2.36. The first kappa shape index (κ1) is 23.1. The number of rotatable bonds is 5. The second-order valence-corrected chi connectivity index (χ2v) is 7.89. The predicted molar refractivity (Wildman–Crippen MR) is 103 cm³/mol. The number of halogens is 3. The molecule has 0 bridgehead atoms. The fourth-order valence-electron chi connectivity index (χ4n) is 3.77. The number of hydrogen-bond donors (Lipinski definition) is 0. The fraction of sp³-hybridized carbons (Fsp3) is 0.667. The van der Waals surface area contributed by atoms with E-state index in [0.717, 1.165) is 32.6 Å². The maximum absolute atomic E-state index is 12.5. The third-order valence-corrected chi connectivity index (χ3v) is 5.64. The monoisotopic (exact) mass is 441 g/mol. The SMILES string of the molecule is CC(OC(=O)N1CCC(OC2CCC(Oc3ccncc3C#N)CC2)CC1)C(F)(F)F. The summed E-state index contributed by atoms with van der Waals surface area (Å²) < 4.78 is 54.3. The molecule has 1 unspecified atom stereocenters. The van der Waals surface area contributed by atoms with E-state index in [4.69, 9.17) is 14.7 Å². The lowest BCUT2D eigenvalue weighted by Crippen LogP contribution is -2.44. The molecule has 0 radical (unpaired) electrons. The van der Waals surface area contributed by atoms with Crippen LogP contribution in [0.25, 0.3) is 0 Å². The van der Waals surface area contributed by atoms with Crippen LogP contribution in [0.5, 0.6) is 5.75 Å². The number of hydrogen-bond acceptors (Lipinski definition) is 6. The van der Waals surface area contributed by atoms with Crippen molar-refractivity contribution in [3.63, 3.8) is 0 Å². The molecule has 3 rings (SSSR count). The van der Waals surface area contributed by atoms with Gasteiger partial charge in [-0.3, -0.25) is 4.98 Å². The van der Waals surface area contributed by atoms with E-state index in [9.17, 15) is 18.0 Å². The van der Waals surface area contributed by atoms with Gasteiger partial charge in [0.2, 0.25) is 0 Å². The first-order valence-electron chi connectivity index (χ1n) is 10.4. The average Bonchev–Trinajstić information content (AvgIpc) is 2.75. The van der Waals surface area contributed by atoms with Crippen LogP contribution in [-0.2, 0) is 9.47 Å². The van der Waals surface area contributed by atoms with Gasteiger partial charge in [0.25, 0.3) is 0 Å².